The van der Waals surface area contributed by atoms with Crippen molar-refractivity contribution in [2.24, 2.45) is 17.6 Å². The lowest BCUT2D eigenvalue weighted by atomic mass is 9.57. The number of primary amides is 1. The summed E-state index contributed by atoms with van der Waals surface area (Å²) in [7, 11) is 0. The highest BCUT2D eigenvalue weighted by molar-refractivity contribution is 6.24. The van der Waals surface area contributed by atoms with Crippen molar-refractivity contribution in [2.75, 3.05) is 26.2 Å². The van der Waals surface area contributed by atoms with Crippen LogP contribution < -0.4 is 11.1 Å². The number of phenolic OH excluding ortho intramolecular Hbond substituents is 1. The Balaban J connectivity index is 1.54. The minimum absolute atomic E-state index is 0.103. The molecule has 1 aliphatic heterocycles. The molecule has 4 unspecified atom stereocenters. The molecule has 190 valence electrons. The van der Waals surface area contributed by atoms with Crippen LogP contribution in [-0.4, -0.2) is 80.6 Å². The Morgan fingerprint density at radius 3 is 2.42 bits per heavy atom. The fraction of sp³-hybridized carbons (Fsp3) is 0.500. The van der Waals surface area contributed by atoms with Crippen molar-refractivity contribution in [3.05, 3.63) is 45.7 Å². The Hall–Kier alpha value is -3.21. The quantitative estimate of drug-likeness (QED) is 0.320. The number of rotatable bonds is 3. The lowest BCUT2D eigenvalue weighted by Crippen LogP contribution is -2.68. The van der Waals surface area contributed by atoms with Gasteiger partial charge in [0.25, 0.3) is 5.91 Å². The van der Waals surface area contributed by atoms with Gasteiger partial charge in [0.2, 0.25) is 5.78 Å². The van der Waals surface area contributed by atoms with E-state index in [0.29, 0.717) is 38.5 Å². The number of benzene rings is 1. The lowest BCUT2D eigenvalue weighted by Gasteiger charge is -2.51. The maximum atomic E-state index is 14.0. The molecular formula is C26H29N3O7. The van der Waals surface area contributed by atoms with E-state index in [1.807, 2.05) is 11.0 Å². The van der Waals surface area contributed by atoms with Crippen molar-refractivity contribution in [1.82, 2.24) is 10.2 Å². The Bertz CT molecular complexity index is 1270. The minimum Gasteiger partial charge on any atom is -0.508 e. The number of aliphatic hydroxyl groups is 3. The summed E-state index contributed by atoms with van der Waals surface area (Å²) in [4.78, 5) is 41.5. The Labute approximate surface area is 207 Å². The average Bonchev–Trinajstić information content (AvgIpc) is 3.67. The Morgan fingerprint density at radius 1 is 1.08 bits per heavy atom. The number of nitrogens with one attached hydrogen (secondary N) is 1. The SMILES string of the molecule is NC(=O)C1=C(O)C2(O)C(=O)C3=C(O)c4c(O)ccc(C5CC5)c4CC3CC2C(N2CCNCC2)C1=O. The largest absolute Gasteiger partial charge is 0.508 e. The molecule has 10 nitrogen and oxygen atoms in total. The first-order valence-electron chi connectivity index (χ1n) is 12.4. The fourth-order valence-electron chi connectivity index (χ4n) is 6.83. The molecule has 4 atom stereocenters. The molecule has 7 N–H and O–H groups in total. The molecule has 1 amide bonds. The first-order chi connectivity index (χ1) is 17.2. The van der Waals surface area contributed by atoms with Crippen LogP contribution in [0, 0.1) is 11.8 Å². The van der Waals surface area contributed by atoms with E-state index in [9.17, 15) is 34.8 Å². The van der Waals surface area contributed by atoms with Gasteiger partial charge in [0.15, 0.2) is 11.4 Å². The van der Waals surface area contributed by atoms with Crippen LogP contribution in [0.15, 0.2) is 29.0 Å². The molecule has 1 heterocycles. The number of amides is 1. The predicted molar refractivity (Wildman–Crippen MR) is 127 cm³/mol. The second kappa shape index (κ2) is 7.89. The molecule has 1 saturated heterocycles. The third kappa shape index (κ3) is 3.04. The van der Waals surface area contributed by atoms with Gasteiger partial charge in [-0.2, -0.15) is 0 Å². The van der Waals surface area contributed by atoms with Gasteiger partial charge in [-0.05, 0) is 54.7 Å². The number of carbonyl (C=O) groups excluding carboxylic acids is 3. The molecule has 4 aliphatic carbocycles. The summed E-state index contributed by atoms with van der Waals surface area (Å²) in [5.74, 6) is -5.78. The van der Waals surface area contributed by atoms with Gasteiger partial charge in [0, 0.05) is 37.7 Å². The molecule has 6 rings (SSSR count). The number of nitrogens with two attached hydrogens (primary N) is 1. The zero-order valence-corrected chi connectivity index (χ0v) is 19.7. The van der Waals surface area contributed by atoms with Gasteiger partial charge < -0.3 is 31.5 Å². The van der Waals surface area contributed by atoms with Crippen LogP contribution in [0.5, 0.6) is 5.75 Å². The summed E-state index contributed by atoms with van der Waals surface area (Å²) in [5.41, 5.74) is 3.93. The van der Waals surface area contributed by atoms with Gasteiger partial charge in [-0.25, -0.2) is 0 Å². The third-order valence-corrected chi connectivity index (χ3v) is 8.65. The molecule has 5 aliphatic rings. The number of carbonyl (C=O) groups is 3. The van der Waals surface area contributed by atoms with E-state index in [2.05, 4.69) is 5.32 Å². The van der Waals surface area contributed by atoms with E-state index in [4.69, 9.17) is 5.73 Å². The highest BCUT2D eigenvalue weighted by Crippen LogP contribution is 2.54. The van der Waals surface area contributed by atoms with Crippen molar-refractivity contribution in [3.63, 3.8) is 0 Å². The molecule has 3 fully saturated rings. The Kier molecular flexibility index (Phi) is 5.09. The molecule has 1 aromatic carbocycles. The molecule has 0 aromatic heterocycles. The van der Waals surface area contributed by atoms with Crippen LogP contribution >= 0.6 is 0 Å². The van der Waals surface area contributed by atoms with E-state index in [0.717, 1.165) is 24.0 Å². The first-order valence-corrected chi connectivity index (χ1v) is 12.4. The van der Waals surface area contributed by atoms with Gasteiger partial charge in [-0.3, -0.25) is 19.3 Å². The smallest absolute Gasteiger partial charge is 0.255 e. The number of aliphatic hydroxyl groups excluding tert-OH is 2. The summed E-state index contributed by atoms with van der Waals surface area (Å²) >= 11 is 0. The molecule has 36 heavy (non-hydrogen) atoms. The highest BCUT2D eigenvalue weighted by atomic mass is 16.3. The second-order valence-corrected chi connectivity index (χ2v) is 10.6. The van der Waals surface area contributed by atoms with E-state index < -0.39 is 58.0 Å². The molecule has 0 bridgehead atoms. The van der Waals surface area contributed by atoms with Crippen LogP contribution in [0.1, 0.15) is 41.9 Å². The topological polar surface area (TPSA) is 173 Å². The monoisotopic (exact) mass is 495 g/mol. The third-order valence-electron chi connectivity index (χ3n) is 8.65. The zero-order chi connectivity index (χ0) is 25.5. The lowest BCUT2D eigenvalue weighted by molar-refractivity contribution is -0.155. The number of nitrogens with zero attached hydrogens (tertiary/aromatic N) is 1. The highest BCUT2D eigenvalue weighted by Gasteiger charge is 2.64. The normalized spacial score (nSPS) is 32.8. The van der Waals surface area contributed by atoms with E-state index in [1.165, 1.54) is 6.07 Å². The van der Waals surface area contributed by atoms with E-state index >= 15 is 0 Å². The summed E-state index contributed by atoms with van der Waals surface area (Å²) in [6.45, 7) is 2.06. The standard InChI is InChI=1S/C26H29N3O7/c27-25(35)19-22(32)20(29-7-5-28-6-8-29)15-10-12-9-14-13(11-1-2-11)3-4-16(30)18(14)21(31)17(12)23(33)26(15,36)24(19)34/h3-4,11-12,15,20,28,30-31,34,36H,1-2,5-10H2,(H2,27,35). The van der Waals surface area contributed by atoms with Crippen LogP contribution in [0.3, 0.4) is 0 Å². The number of ketones is 2. The zero-order valence-electron chi connectivity index (χ0n) is 19.7. The number of hydrogen-bond acceptors (Lipinski definition) is 9. The van der Waals surface area contributed by atoms with Gasteiger partial charge in [-0.15, -0.1) is 0 Å². The van der Waals surface area contributed by atoms with Gasteiger partial charge in [-0.1, -0.05) is 6.07 Å². The van der Waals surface area contributed by atoms with Gasteiger partial charge in [0.05, 0.1) is 11.6 Å². The predicted octanol–water partition coefficient (Wildman–Crippen LogP) is 0.185. The number of aromatic hydroxyl groups is 1. The molecular weight excluding hydrogens is 466 g/mol. The summed E-state index contributed by atoms with van der Waals surface area (Å²) in [6.07, 6.45) is 2.49. The summed E-state index contributed by atoms with van der Waals surface area (Å²) < 4.78 is 0. The van der Waals surface area contributed by atoms with Gasteiger partial charge in [0.1, 0.15) is 22.8 Å². The number of Topliss-reactive ketones (excluding diaryl/α,β-unsaturated/α-hetero) is 2. The number of hydrogen-bond donors (Lipinski definition) is 6. The number of fused-ring (bicyclic) bond motifs is 3. The van der Waals surface area contributed by atoms with Crippen LogP contribution in [-0.2, 0) is 20.8 Å². The molecule has 0 spiro atoms. The van der Waals surface area contributed by atoms with Crippen molar-refractivity contribution in [3.8, 4) is 5.75 Å². The fourth-order valence-corrected chi connectivity index (χ4v) is 6.83. The van der Waals surface area contributed by atoms with Crippen LogP contribution in [0.2, 0.25) is 0 Å². The van der Waals surface area contributed by atoms with Crippen LogP contribution in [0.4, 0.5) is 0 Å². The number of piperazine rings is 1. The second-order valence-electron chi connectivity index (χ2n) is 10.6. The average molecular weight is 496 g/mol. The first kappa shape index (κ1) is 23.2. The van der Waals surface area contributed by atoms with Crippen molar-refractivity contribution in [1.29, 1.82) is 0 Å². The maximum absolute atomic E-state index is 14.0. The number of phenols is 1. The molecule has 1 aromatic rings. The van der Waals surface area contributed by atoms with E-state index in [1.54, 1.807) is 0 Å². The van der Waals surface area contributed by atoms with Gasteiger partial charge >= 0.3 is 0 Å². The van der Waals surface area contributed by atoms with Crippen LogP contribution in [0.25, 0.3) is 5.76 Å². The summed E-state index contributed by atoms with van der Waals surface area (Å²) in [5, 5.41) is 47.9. The van der Waals surface area contributed by atoms with Crippen molar-refractivity contribution in [2.45, 2.75) is 43.2 Å². The minimum atomic E-state index is -2.60. The van der Waals surface area contributed by atoms with E-state index in [-0.39, 0.29) is 23.3 Å². The van der Waals surface area contributed by atoms with Crippen molar-refractivity contribution < 1.29 is 34.8 Å². The molecule has 10 heteroatoms. The molecule has 2 saturated carbocycles. The summed E-state index contributed by atoms with van der Waals surface area (Å²) in [6, 6.07) is 2.32. The molecule has 0 radical (unpaired) electrons. The maximum Gasteiger partial charge on any atom is 0.255 e. The Morgan fingerprint density at radius 2 is 1.78 bits per heavy atom. The van der Waals surface area contributed by atoms with Crippen molar-refractivity contribution >= 4 is 23.2 Å².